The van der Waals surface area contributed by atoms with Crippen molar-refractivity contribution in [2.45, 2.75) is 26.2 Å². The molecule has 0 aromatic carbocycles. The molecule has 0 aliphatic rings. The fourth-order valence-corrected chi connectivity index (χ4v) is 0.840. The van der Waals surface area contributed by atoms with E-state index in [-0.39, 0.29) is 0 Å². The average Bonchev–Trinajstić information content (AvgIpc) is 2.04. The molecule has 2 atom stereocenters. The first-order valence-corrected chi connectivity index (χ1v) is 3.55. The van der Waals surface area contributed by atoms with Gasteiger partial charge in [0.05, 0.1) is 0 Å². The molecule has 0 spiro atoms. The van der Waals surface area contributed by atoms with Crippen molar-refractivity contribution in [2.24, 2.45) is 10.2 Å². The monoisotopic (exact) mass is 200 g/mol. The molecule has 0 amide bonds. The summed E-state index contributed by atoms with van der Waals surface area (Å²) >= 11 is 0. The van der Waals surface area contributed by atoms with Crippen LogP contribution in [-0.2, 0) is 0 Å². The molecule has 0 N–H and O–H groups in total. The number of nitrogens with zero attached hydrogens (tertiary/aromatic N) is 8. The van der Waals surface area contributed by atoms with Gasteiger partial charge in [0, 0.05) is 9.82 Å². The van der Waals surface area contributed by atoms with Crippen molar-refractivity contribution in [3.8, 4) is 0 Å². The maximum atomic E-state index is 10.5. The second-order valence-electron chi connectivity index (χ2n) is 2.29. The van der Waals surface area contributed by atoms with E-state index in [1.165, 1.54) is 13.8 Å². The molecule has 0 aromatic rings. The lowest BCUT2D eigenvalue weighted by Crippen LogP contribution is -2.42. The predicted molar refractivity (Wildman–Crippen MR) is 46.0 cm³/mol. The van der Waals surface area contributed by atoms with Crippen molar-refractivity contribution in [3.63, 3.8) is 0 Å². The van der Waals surface area contributed by atoms with Crippen molar-refractivity contribution in [1.29, 1.82) is 0 Å². The van der Waals surface area contributed by atoms with Gasteiger partial charge >= 0.3 is 0 Å². The first-order chi connectivity index (χ1) is 6.54. The van der Waals surface area contributed by atoms with Gasteiger partial charge in [0.25, 0.3) is 0 Å². The first-order valence-electron chi connectivity index (χ1n) is 3.55. The first kappa shape index (κ1) is 11.8. The molecular formula is C4H8N8O2. The summed E-state index contributed by atoms with van der Waals surface area (Å²) in [6.07, 6.45) is -2.04. The molecule has 14 heavy (non-hydrogen) atoms. The minimum Gasteiger partial charge on any atom is -0.235 e. The molecule has 0 rings (SSSR count). The molecule has 0 bridgehead atoms. The summed E-state index contributed by atoms with van der Waals surface area (Å²) < 4.78 is 0. The Balaban J connectivity index is 4.83. The molecule has 0 aliphatic carbocycles. The fourth-order valence-electron chi connectivity index (χ4n) is 0.840. The quantitative estimate of drug-likeness (QED) is 0.219. The Bertz CT molecular complexity index is 278. The molecular weight excluding hydrogens is 192 g/mol. The van der Waals surface area contributed by atoms with Gasteiger partial charge in [-0.3, -0.25) is 0 Å². The van der Waals surface area contributed by atoms with Crippen LogP contribution < -0.4 is 0 Å². The average molecular weight is 200 g/mol. The summed E-state index contributed by atoms with van der Waals surface area (Å²) in [5, 5.41) is 16.5. The van der Waals surface area contributed by atoms with Crippen molar-refractivity contribution >= 4 is 0 Å². The van der Waals surface area contributed by atoms with Crippen LogP contribution in [0.15, 0.2) is 10.2 Å². The number of rotatable bonds is 5. The molecule has 0 saturated carbocycles. The Morgan fingerprint density at radius 1 is 1.29 bits per heavy atom. The minimum absolute atomic E-state index is 0.555. The SMILES string of the molecule is CC(N=[N+]=[N-])N(C(C)N=[N+]=[N-])[N+](=O)[O-]. The predicted octanol–water partition coefficient (Wildman–Crippen LogP) is 1.79. The third-order valence-electron chi connectivity index (χ3n) is 1.39. The van der Waals surface area contributed by atoms with E-state index in [9.17, 15) is 10.1 Å². The smallest absolute Gasteiger partial charge is 0.165 e. The summed E-state index contributed by atoms with van der Waals surface area (Å²) in [4.78, 5) is 15.3. The van der Waals surface area contributed by atoms with Crippen LogP contribution in [0.5, 0.6) is 0 Å². The summed E-state index contributed by atoms with van der Waals surface area (Å²) in [7, 11) is 0. The van der Waals surface area contributed by atoms with Gasteiger partial charge in [0.1, 0.15) is 0 Å². The maximum absolute atomic E-state index is 10.5. The van der Waals surface area contributed by atoms with Crippen LogP contribution >= 0.6 is 0 Å². The normalized spacial score (nSPS) is 13.0. The number of hydrazine groups is 1. The standard InChI is InChI=1S/C4H8N8O2/c1-3(7-9-5)11(12(13)14)4(2)8-10-6/h3-4H,1-2H3. The van der Waals surface area contributed by atoms with Crippen LogP contribution in [0.3, 0.4) is 0 Å². The second kappa shape index (κ2) is 5.46. The second-order valence-corrected chi connectivity index (χ2v) is 2.29. The molecule has 76 valence electrons. The van der Waals surface area contributed by atoms with E-state index in [0.717, 1.165) is 0 Å². The molecule has 0 saturated heterocycles. The number of azide groups is 2. The third-order valence-corrected chi connectivity index (χ3v) is 1.39. The van der Waals surface area contributed by atoms with Crippen LogP contribution in [-0.4, -0.2) is 22.4 Å². The Morgan fingerprint density at radius 2 is 1.64 bits per heavy atom. The lowest BCUT2D eigenvalue weighted by atomic mass is 10.5. The highest BCUT2D eigenvalue weighted by Gasteiger charge is 2.26. The van der Waals surface area contributed by atoms with Gasteiger partial charge in [-0.2, -0.15) is 0 Å². The Morgan fingerprint density at radius 3 is 1.86 bits per heavy atom. The highest BCUT2D eigenvalue weighted by atomic mass is 16.7. The van der Waals surface area contributed by atoms with Crippen LogP contribution in [0, 0.1) is 10.1 Å². The summed E-state index contributed by atoms with van der Waals surface area (Å²) in [5.74, 6) is 0. The van der Waals surface area contributed by atoms with Crippen LogP contribution in [0.25, 0.3) is 20.9 Å². The minimum atomic E-state index is -1.02. The van der Waals surface area contributed by atoms with Crippen molar-refractivity contribution in [3.05, 3.63) is 31.0 Å². The van der Waals surface area contributed by atoms with E-state index < -0.39 is 17.4 Å². The fraction of sp³-hybridized carbons (Fsp3) is 1.00. The summed E-state index contributed by atoms with van der Waals surface area (Å²) in [5.41, 5.74) is 16.2. The third kappa shape index (κ3) is 3.05. The van der Waals surface area contributed by atoms with Gasteiger partial charge in [-0.25, -0.2) is 10.1 Å². The number of nitro groups is 1. The Kier molecular flexibility index (Phi) is 4.61. The molecule has 10 heteroatoms. The molecule has 0 fully saturated rings. The van der Waals surface area contributed by atoms with Gasteiger partial charge < -0.3 is 0 Å². The van der Waals surface area contributed by atoms with Gasteiger partial charge in [-0.1, -0.05) is 10.2 Å². The van der Waals surface area contributed by atoms with Gasteiger partial charge in [0.2, 0.25) is 0 Å². The number of hydrogen-bond donors (Lipinski definition) is 0. The van der Waals surface area contributed by atoms with Gasteiger partial charge in [0.15, 0.2) is 17.4 Å². The van der Waals surface area contributed by atoms with Crippen LogP contribution in [0.4, 0.5) is 0 Å². The maximum Gasteiger partial charge on any atom is 0.165 e. The van der Waals surface area contributed by atoms with Crippen molar-refractivity contribution in [2.75, 3.05) is 0 Å². The highest BCUT2D eigenvalue weighted by molar-refractivity contribution is 4.63. The lowest BCUT2D eigenvalue weighted by Gasteiger charge is -2.20. The van der Waals surface area contributed by atoms with Crippen molar-refractivity contribution in [1.82, 2.24) is 5.01 Å². The number of hydrogen-bond acceptors (Lipinski definition) is 4. The topological polar surface area (TPSA) is 144 Å². The molecule has 10 nitrogen and oxygen atoms in total. The molecule has 0 aromatic heterocycles. The Labute approximate surface area is 78.5 Å². The van der Waals surface area contributed by atoms with E-state index in [4.69, 9.17) is 11.1 Å². The van der Waals surface area contributed by atoms with Gasteiger partial charge in [-0.15, -0.1) is 5.01 Å². The molecule has 0 aliphatic heterocycles. The van der Waals surface area contributed by atoms with Gasteiger partial charge in [-0.05, 0) is 24.9 Å². The van der Waals surface area contributed by atoms with Crippen LogP contribution in [0.2, 0.25) is 0 Å². The van der Waals surface area contributed by atoms with E-state index in [1.807, 2.05) is 0 Å². The van der Waals surface area contributed by atoms with Crippen LogP contribution in [0.1, 0.15) is 13.8 Å². The zero-order chi connectivity index (χ0) is 11.1. The van der Waals surface area contributed by atoms with E-state index in [1.54, 1.807) is 0 Å². The molecule has 0 radical (unpaired) electrons. The van der Waals surface area contributed by atoms with E-state index in [2.05, 4.69) is 20.1 Å². The largest absolute Gasteiger partial charge is 0.235 e. The zero-order valence-corrected chi connectivity index (χ0v) is 7.55. The zero-order valence-electron chi connectivity index (χ0n) is 7.55. The Hall–Kier alpha value is -2.18. The summed E-state index contributed by atoms with van der Waals surface area (Å²) in [6.45, 7) is 2.65. The highest BCUT2D eigenvalue weighted by Crippen LogP contribution is 2.08. The lowest BCUT2D eigenvalue weighted by molar-refractivity contribution is -0.671. The molecule has 0 heterocycles. The van der Waals surface area contributed by atoms with E-state index >= 15 is 0 Å². The van der Waals surface area contributed by atoms with E-state index in [0.29, 0.717) is 5.01 Å². The molecule has 2 unspecified atom stereocenters. The summed E-state index contributed by atoms with van der Waals surface area (Å²) in [6, 6.07) is 0. The van der Waals surface area contributed by atoms with Crippen molar-refractivity contribution < 1.29 is 5.03 Å².